The van der Waals surface area contributed by atoms with Gasteiger partial charge in [-0.3, -0.25) is 9.59 Å². The molecular formula is C22H34N2O4. The molecule has 0 aromatic heterocycles. The fourth-order valence-corrected chi connectivity index (χ4v) is 7.24. The van der Waals surface area contributed by atoms with Crippen LogP contribution in [0.25, 0.3) is 0 Å². The molecule has 4 aliphatic carbocycles. The molecule has 0 radical (unpaired) electrons. The van der Waals surface area contributed by atoms with Gasteiger partial charge >= 0.3 is 0 Å². The maximum absolute atomic E-state index is 13.5. The van der Waals surface area contributed by atoms with E-state index in [2.05, 4.69) is 4.90 Å². The number of hydrogen-bond donors (Lipinski definition) is 0. The van der Waals surface area contributed by atoms with Crippen molar-refractivity contribution >= 4 is 11.8 Å². The lowest BCUT2D eigenvalue weighted by Gasteiger charge is -2.59. The number of amides is 2. The molecular weight excluding hydrogens is 356 g/mol. The van der Waals surface area contributed by atoms with Gasteiger partial charge in [0.05, 0.1) is 25.1 Å². The van der Waals surface area contributed by atoms with Crippen molar-refractivity contribution in [1.29, 1.82) is 0 Å². The van der Waals surface area contributed by atoms with E-state index in [0.717, 1.165) is 50.0 Å². The molecule has 0 aromatic carbocycles. The lowest BCUT2D eigenvalue weighted by Crippen LogP contribution is -2.69. The number of nitrogens with zero attached hydrogens (tertiary/aromatic N) is 2. The SMILES string of the molecule is CN(C)C(=O)COC[C@H]1CCOC12CN(C(=O)C13CC4CC(CC(C4)C1)C3)C2. The summed E-state index contributed by atoms with van der Waals surface area (Å²) in [4.78, 5) is 28.8. The first-order chi connectivity index (χ1) is 13.4. The molecule has 1 atom stereocenters. The zero-order valence-electron chi connectivity index (χ0n) is 17.3. The summed E-state index contributed by atoms with van der Waals surface area (Å²) in [5.74, 6) is 3.06. The third-order valence-electron chi connectivity index (χ3n) is 8.34. The minimum atomic E-state index is -0.237. The first-order valence-corrected chi connectivity index (χ1v) is 11.1. The van der Waals surface area contributed by atoms with E-state index in [9.17, 15) is 9.59 Å². The van der Waals surface area contributed by atoms with E-state index in [0.29, 0.717) is 25.6 Å². The Balaban J connectivity index is 1.18. The van der Waals surface area contributed by atoms with E-state index >= 15 is 0 Å². The first-order valence-electron chi connectivity index (χ1n) is 11.1. The van der Waals surface area contributed by atoms with Crippen LogP contribution in [0.3, 0.4) is 0 Å². The maximum Gasteiger partial charge on any atom is 0.248 e. The van der Waals surface area contributed by atoms with E-state index in [-0.39, 0.29) is 29.4 Å². The summed E-state index contributed by atoms with van der Waals surface area (Å²) < 4.78 is 11.8. The van der Waals surface area contributed by atoms with E-state index < -0.39 is 0 Å². The monoisotopic (exact) mass is 390 g/mol. The van der Waals surface area contributed by atoms with Crippen LogP contribution in [0.1, 0.15) is 44.9 Å². The van der Waals surface area contributed by atoms with Gasteiger partial charge in [0.15, 0.2) is 0 Å². The highest BCUT2D eigenvalue weighted by molar-refractivity contribution is 5.84. The summed E-state index contributed by atoms with van der Waals surface area (Å²) in [6.07, 6.45) is 8.43. The lowest BCUT2D eigenvalue weighted by atomic mass is 9.49. The zero-order chi connectivity index (χ0) is 19.5. The van der Waals surface area contributed by atoms with Crippen LogP contribution in [0, 0.1) is 29.1 Å². The van der Waals surface area contributed by atoms with Crippen LogP contribution in [-0.2, 0) is 19.1 Å². The Labute approximate surface area is 167 Å². The van der Waals surface area contributed by atoms with E-state index in [4.69, 9.17) is 9.47 Å². The Morgan fingerprint density at radius 3 is 2.25 bits per heavy atom. The average Bonchev–Trinajstić information content (AvgIpc) is 3.02. The third kappa shape index (κ3) is 2.98. The topological polar surface area (TPSA) is 59.1 Å². The predicted molar refractivity (Wildman–Crippen MR) is 103 cm³/mol. The van der Waals surface area contributed by atoms with Gasteiger partial charge in [-0.05, 0) is 62.7 Å². The van der Waals surface area contributed by atoms with Crippen molar-refractivity contribution in [1.82, 2.24) is 9.80 Å². The molecule has 2 saturated heterocycles. The fraction of sp³-hybridized carbons (Fsp3) is 0.909. The highest BCUT2D eigenvalue weighted by Gasteiger charge is 2.60. The van der Waals surface area contributed by atoms with Gasteiger partial charge in [0.2, 0.25) is 11.8 Å². The minimum absolute atomic E-state index is 0.0137. The van der Waals surface area contributed by atoms with Crippen LogP contribution >= 0.6 is 0 Å². The van der Waals surface area contributed by atoms with Crippen molar-refractivity contribution in [3.8, 4) is 0 Å². The number of likely N-dealkylation sites (N-methyl/N-ethyl adjacent to an activating group) is 1. The van der Waals surface area contributed by atoms with Gasteiger partial charge in [-0.25, -0.2) is 0 Å². The molecule has 2 amide bonds. The van der Waals surface area contributed by atoms with Crippen molar-refractivity contribution in [3.63, 3.8) is 0 Å². The molecule has 2 aliphatic heterocycles. The second kappa shape index (κ2) is 6.69. The van der Waals surface area contributed by atoms with Gasteiger partial charge in [0.25, 0.3) is 0 Å². The van der Waals surface area contributed by atoms with Gasteiger partial charge in [-0.2, -0.15) is 0 Å². The summed E-state index contributed by atoms with van der Waals surface area (Å²) in [5.41, 5.74) is -0.293. The Bertz CT molecular complexity index is 620. The van der Waals surface area contributed by atoms with Crippen molar-refractivity contribution < 1.29 is 19.1 Å². The maximum atomic E-state index is 13.5. The van der Waals surface area contributed by atoms with Crippen LogP contribution in [0.4, 0.5) is 0 Å². The molecule has 0 unspecified atom stereocenters. The van der Waals surface area contributed by atoms with Crippen molar-refractivity contribution in [2.75, 3.05) is 47.0 Å². The number of ether oxygens (including phenoxy) is 2. The van der Waals surface area contributed by atoms with E-state index in [1.807, 2.05) is 0 Å². The summed E-state index contributed by atoms with van der Waals surface area (Å²) in [5, 5.41) is 0. The zero-order valence-corrected chi connectivity index (χ0v) is 17.3. The molecule has 1 spiro atoms. The van der Waals surface area contributed by atoms with Crippen LogP contribution < -0.4 is 0 Å². The van der Waals surface area contributed by atoms with Crippen molar-refractivity contribution in [2.45, 2.75) is 50.5 Å². The second-order valence-corrected chi connectivity index (χ2v) is 10.6. The molecule has 6 fully saturated rings. The summed E-state index contributed by atoms with van der Waals surface area (Å²) in [6, 6.07) is 0. The van der Waals surface area contributed by atoms with E-state index in [1.165, 1.54) is 19.3 Å². The average molecular weight is 391 g/mol. The quantitative estimate of drug-likeness (QED) is 0.720. The number of carbonyl (C=O) groups is 2. The molecule has 156 valence electrons. The number of carbonyl (C=O) groups excluding carboxylic acids is 2. The predicted octanol–water partition coefficient (Wildman–Crippen LogP) is 1.93. The normalized spacial score (nSPS) is 40.0. The van der Waals surface area contributed by atoms with Crippen LogP contribution in [0.2, 0.25) is 0 Å². The fourth-order valence-electron chi connectivity index (χ4n) is 7.24. The van der Waals surface area contributed by atoms with Crippen LogP contribution in [0.5, 0.6) is 0 Å². The Morgan fingerprint density at radius 1 is 1.07 bits per heavy atom. The van der Waals surface area contributed by atoms with Gasteiger partial charge in [-0.1, -0.05) is 0 Å². The standard InChI is InChI=1S/C22H34N2O4/c1-23(2)19(25)12-27-11-18-3-4-28-22(18)13-24(14-22)20(26)21-8-15-5-16(9-21)7-17(6-15)10-21/h15-18H,3-14H2,1-2H3/t15?,16?,17?,18-,21?/m1/s1. The molecule has 6 heteroatoms. The summed E-state index contributed by atoms with van der Waals surface area (Å²) in [7, 11) is 3.48. The van der Waals surface area contributed by atoms with Gasteiger partial charge < -0.3 is 19.3 Å². The Hall–Kier alpha value is -1.14. The smallest absolute Gasteiger partial charge is 0.248 e. The summed E-state index contributed by atoms with van der Waals surface area (Å²) >= 11 is 0. The highest BCUT2D eigenvalue weighted by Crippen LogP contribution is 2.61. The lowest BCUT2D eigenvalue weighted by molar-refractivity contribution is -0.188. The highest BCUT2D eigenvalue weighted by atomic mass is 16.5. The first kappa shape index (κ1) is 18.9. The van der Waals surface area contributed by atoms with Gasteiger partial charge in [0.1, 0.15) is 12.2 Å². The number of hydrogen-bond acceptors (Lipinski definition) is 4. The second-order valence-electron chi connectivity index (χ2n) is 10.6. The minimum Gasteiger partial charge on any atom is -0.371 e. The van der Waals surface area contributed by atoms with Gasteiger partial charge in [-0.15, -0.1) is 0 Å². The molecule has 2 heterocycles. The third-order valence-corrected chi connectivity index (χ3v) is 8.34. The van der Waals surface area contributed by atoms with Crippen molar-refractivity contribution in [3.05, 3.63) is 0 Å². The molecule has 4 bridgehead atoms. The molecule has 0 N–H and O–H groups in total. The summed E-state index contributed by atoms with van der Waals surface area (Å²) in [6.45, 7) is 2.82. The Kier molecular flexibility index (Phi) is 4.51. The van der Waals surface area contributed by atoms with E-state index in [1.54, 1.807) is 19.0 Å². The van der Waals surface area contributed by atoms with Gasteiger partial charge in [0, 0.05) is 26.6 Å². The molecule has 6 rings (SSSR count). The number of rotatable bonds is 5. The molecule has 0 aromatic rings. The number of likely N-dealkylation sites (tertiary alicyclic amines) is 1. The Morgan fingerprint density at radius 2 is 1.68 bits per heavy atom. The van der Waals surface area contributed by atoms with Crippen molar-refractivity contribution in [2.24, 2.45) is 29.1 Å². The van der Waals surface area contributed by atoms with Crippen LogP contribution in [0.15, 0.2) is 0 Å². The molecule has 6 aliphatic rings. The molecule has 28 heavy (non-hydrogen) atoms. The molecule has 4 saturated carbocycles. The van der Waals surface area contributed by atoms with Crippen LogP contribution in [-0.4, -0.2) is 74.2 Å². The molecule has 6 nitrogen and oxygen atoms in total. The largest absolute Gasteiger partial charge is 0.371 e.